The van der Waals surface area contributed by atoms with E-state index in [9.17, 15) is 4.79 Å². The van der Waals surface area contributed by atoms with Crippen molar-refractivity contribution in [2.75, 3.05) is 18.0 Å². The summed E-state index contributed by atoms with van der Waals surface area (Å²) in [7, 11) is 0. The molecule has 1 amide bonds. The van der Waals surface area contributed by atoms with Crippen molar-refractivity contribution in [2.45, 2.75) is 39.7 Å². The third kappa shape index (κ3) is 2.65. The van der Waals surface area contributed by atoms with Gasteiger partial charge in [-0.3, -0.25) is 4.79 Å². The van der Waals surface area contributed by atoms with Crippen molar-refractivity contribution in [1.82, 2.24) is 10.3 Å². The molecule has 2 fully saturated rings. The maximum absolute atomic E-state index is 12.0. The Morgan fingerprint density at radius 2 is 2.08 bits per heavy atom. The van der Waals surface area contributed by atoms with Crippen LogP contribution < -0.4 is 10.2 Å². The summed E-state index contributed by atoms with van der Waals surface area (Å²) in [5.74, 6) is 0.134. The van der Waals surface area contributed by atoms with Crippen molar-refractivity contribution in [3.8, 4) is 0 Å². The van der Waals surface area contributed by atoms with E-state index in [2.05, 4.69) is 15.2 Å². The van der Waals surface area contributed by atoms with Gasteiger partial charge in [0.2, 0.25) is 5.91 Å². The monoisotopic (exact) mass is 347 g/mol. The van der Waals surface area contributed by atoms with Gasteiger partial charge in [0.05, 0.1) is 0 Å². The van der Waals surface area contributed by atoms with E-state index in [1.165, 1.54) is 0 Å². The predicted molar refractivity (Wildman–Crippen MR) is 94.3 cm³/mol. The SMILES string of the molecule is CC(C)(C)C(=O)NC1CC2(C1)CN(c1nc3cc(Cl)ccc3o1)C2. The van der Waals surface area contributed by atoms with Crippen LogP contribution in [0.25, 0.3) is 11.1 Å². The Balaban J connectivity index is 1.34. The molecule has 1 spiro atoms. The van der Waals surface area contributed by atoms with Crippen molar-refractivity contribution < 1.29 is 9.21 Å². The second-order valence-electron chi connectivity index (χ2n) is 8.29. The Bertz CT molecular complexity index is 794. The van der Waals surface area contributed by atoms with Gasteiger partial charge in [-0.25, -0.2) is 0 Å². The van der Waals surface area contributed by atoms with Crippen LogP contribution in [0.3, 0.4) is 0 Å². The number of nitrogens with one attached hydrogen (secondary N) is 1. The number of oxazole rings is 1. The minimum Gasteiger partial charge on any atom is -0.423 e. The lowest BCUT2D eigenvalue weighted by molar-refractivity contribution is -0.131. The fourth-order valence-corrected chi connectivity index (χ4v) is 3.84. The Hall–Kier alpha value is -1.75. The highest BCUT2D eigenvalue weighted by molar-refractivity contribution is 6.31. The quantitative estimate of drug-likeness (QED) is 0.901. The van der Waals surface area contributed by atoms with Gasteiger partial charge in [-0.1, -0.05) is 32.4 Å². The fourth-order valence-electron chi connectivity index (χ4n) is 3.67. The lowest BCUT2D eigenvalue weighted by Gasteiger charge is -2.58. The van der Waals surface area contributed by atoms with Gasteiger partial charge in [-0.05, 0) is 31.0 Å². The van der Waals surface area contributed by atoms with Crippen molar-refractivity contribution in [3.63, 3.8) is 0 Å². The van der Waals surface area contributed by atoms with Crippen molar-refractivity contribution in [1.29, 1.82) is 0 Å². The molecule has 0 unspecified atom stereocenters. The molecule has 0 bridgehead atoms. The van der Waals surface area contributed by atoms with Gasteiger partial charge < -0.3 is 14.6 Å². The van der Waals surface area contributed by atoms with Crippen LogP contribution >= 0.6 is 11.6 Å². The van der Waals surface area contributed by atoms with E-state index in [1.54, 1.807) is 0 Å². The van der Waals surface area contributed by atoms with Crippen LogP contribution in [0, 0.1) is 10.8 Å². The summed E-state index contributed by atoms with van der Waals surface area (Å²) >= 11 is 5.99. The summed E-state index contributed by atoms with van der Waals surface area (Å²) in [5.41, 5.74) is 1.55. The molecule has 2 aliphatic rings. The van der Waals surface area contributed by atoms with E-state index in [4.69, 9.17) is 16.0 Å². The number of benzene rings is 1. The van der Waals surface area contributed by atoms with Crippen molar-refractivity contribution in [2.24, 2.45) is 10.8 Å². The highest BCUT2D eigenvalue weighted by atomic mass is 35.5. The molecule has 0 radical (unpaired) electrons. The molecule has 1 saturated heterocycles. The highest BCUT2D eigenvalue weighted by Gasteiger charge is 2.54. The molecule has 24 heavy (non-hydrogen) atoms. The number of carbonyl (C=O) groups is 1. The number of hydrogen-bond donors (Lipinski definition) is 1. The summed E-state index contributed by atoms with van der Waals surface area (Å²) in [5, 5.41) is 3.82. The molecule has 1 N–H and O–H groups in total. The molecule has 4 rings (SSSR count). The molecule has 5 nitrogen and oxygen atoms in total. The van der Waals surface area contributed by atoms with Gasteiger partial charge in [0.15, 0.2) is 5.58 Å². The number of fused-ring (bicyclic) bond motifs is 1. The number of hydrogen-bond acceptors (Lipinski definition) is 4. The smallest absolute Gasteiger partial charge is 0.298 e. The number of carbonyl (C=O) groups excluding carboxylic acids is 1. The number of halogens is 1. The van der Waals surface area contributed by atoms with Crippen molar-refractivity contribution in [3.05, 3.63) is 23.2 Å². The molecule has 0 atom stereocenters. The summed E-state index contributed by atoms with van der Waals surface area (Å²) in [6, 6.07) is 6.46. The topological polar surface area (TPSA) is 58.4 Å². The summed E-state index contributed by atoms with van der Waals surface area (Å²) in [4.78, 5) is 18.7. The Kier molecular flexibility index (Phi) is 3.36. The van der Waals surface area contributed by atoms with E-state index in [1.807, 2.05) is 39.0 Å². The van der Waals surface area contributed by atoms with Crippen LogP contribution in [0.1, 0.15) is 33.6 Å². The lowest BCUT2D eigenvalue weighted by atomic mass is 9.60. The van der Waals surface area contributed by atoms with Crippen LogP contribution in [0.4, 0.5) is 6.01 Å². The maximum Gasteiger partial charge on any atom is 0.298 e. The molecule has 1 aliphatic heterocycles. The third-order valence-electron chi connectivity index (χ3n) is 5.04. The number of rotatable bonds is 2. The lowest BCUT2D eigenvalue weighted by Crippen LogP contribution is -2.67. The molecule has 1 aromatic carbocycles. The third-order valence-corrected chi connectivity index (χ3v) is 5.27. The fraction of sp³-hybridized carbons (Fsp3) is 0.556. The van der Waals surface area contributed by atoms with Crippen LogP contribution in [-0.4, -0.2) is 30.0 Å². The number of anilines is 1. The molecule has 6 heteroatoms. The minimum atomic E-state index is -0.326. The van der Waals surface area contributed by atoms with E-state index in [0.29, 0.717) is 22.5 Å². The predicted octanol–water partition coefficient (Wildman–Crippen LogP) is 3.61. The molecule has 128 valence electrons. The molecular weight excluding hydrogens is 326 g/mol. The van der Waals surface area contributed by atoms with Gasteiger partial charge in [0.25, 0.3) is 6.01 Å². The number of amides is 1. The molecule has 2 heterocycles. The van der Waals surface area contributed by atoms with E-state index < -0.39 is 0 Å². The Labute approximate surface area is 146 Å². The molecule has 2 aromatic rings. The Morgan fingerprint density at radius 3 is 2.75 bits per heavy atom. The van der Waals surface area contributed by atoms with E-state index >= 15 is 0 Å². The first kappa shape index (κ1) is 15.8. The normalized spacial score (nSPS) is 20.1. The largest absolute Gasteiger partial charge is 0.423 e. The summed E-state index contributed by atoms with van der Waals surface area (Å²) in [6.07, 6.45) is 2.08. The first-order valence-electron chi connectivity index (χ1n) is 8.36. The number of nitrogens with zero attached hydrogens (tertiary/aromatic N) is 2. The van der Waals surface area contributed by atoms with Crippen LogP contribution in [0.5, 0.6) is 0 Å². The molecular formula is C18H22ClN3O2. The zero-order valence-corrected chi connectivity index (χ0v) is 15.0. The van der Waals surface area contributed by atoms with E-state index in [0.717, 1.165) is 37.0 Å². The highest BCUT2D eigenvalue weighted by Crippen LogP contribution is 2.49. The molecule has 1 aromatic heterocycles. The zero-order valence-electron chi connectivity index (χ0n) is 14.2. The average molecular weight is 348 g/mol. The summed E-state index contributed by atoms with van der Waals surface area (Å²) < 4.78 is 5.81. The van der Waals surface area contributed by atoms with Gasteiger partial charge in [0.1, 0.15) is 5.52 Å². The average Bonchev–Trinajstić information content (AvgIpc) is 2.80. The second-order valence-corrected chi connectivity index (χ2v) is 8.73. The van der Waals surface area contributed by atoms with Crippen LogP contribution in [0.2, 0.25) is 5.02 Å². The zero-order chi connectivity index (χ0) is 17.1. The summed E-state index contributed by atoms with van der Waals surface area (Å²) in [6.45, 7) is 7.72. The van der Waals surface area contributed by atoms with Gasteiger partial charge in [-0.2, -0.15) is 4.98 Å². The molecule has 1 saturated carbocycles. The second kappa shape index (κ2) is 5.12. The van der Waals surface area contributed by atoms with Gasteiger partial charge >= 0.3 is 0 Å². The standard InChI is InChI=1S/C18H22ClN3O2/c1-17(2,3)15(23)20-12-7-18(8-12)9-22(10-18)16-21-13-6-11(19)4-5-14(13)24-16/h4-6,12H,7-10H2,1-3H3,(H,20,23). The van der Waals surface area contributed by atoms with Crippen molar-refractivity contribution >= 4 is 34.6 Å². The van der Waals surface area contributed by atoms with Crippen LogP contribution in [0.15, 0.2) is 22.6 Å². The maximum atomic E-state index is 12.0. The Morgan fingerprint density at radius 1 is 1.38 bits per heavy atom. The van der Waals surface area contributed by atoms with E-state index in [-0.39, 0.29) is 11.3 Å². The van der Waals surface area contributed by atoms with Crippen LogP contribution in [-0.2, 0) is 4.79 Å². The van der Waals surface area contributed by atoms with Gasteiger partial charge in [-0.15, -0.1) is 0 Å². The van der Waals surface area contributed by atoms with Gasteiger partial charge in [0, 0.05) is 35.0 Å². The number of aromatic nitrogens is 1. The minimum absolute atomic E-state index is 0.134. The first-order chi connectivity index (χ1) is 11.2. The first-order valence-corrected chi connectivity index (χ1v) is 8.74. The molecule has 1 aliphatic carbocycles.